The molecule has 5 heteroatoms. The maximum Gasteiger partial charge on any atom is 0.214 e. The Kier molecular flexibility index (Phi) is 2.29. The number of rotatable bonds is 1. The molecule has 0 aliphatic carbocycles. The molecule has 0 saturated carbocycles. The Bertz CT molecular complexity index is 500. The van der Waals surface area contributed by atoms with Crippen LogP contribution in [0.4, 0.5) is 0 Å². The molecular formula is C9H7N4S. The van der Waals surface area contributed by atoms with Gasteiger partial charge in [-0.2, -0.15) is 4.80 Å². The van der Waals surface area contributed by atoms with E-state index in [9.17, 15) is 0 Å². The lowest BCUT2D eigenvalue weighted by molar-refractivity contribution is 0.630. The molecule has 0 aliphatic heterocycles. The number of tetrazole rings is 1. The molecule has 0 unspecified atom stereocenters. The maximum atomic E-state index is 4.10. The third kappa shape index (κ3) is 1.65. The highest BCUT2D eigenvalue weighted by molar-refractivity contribution is 7.15. The van der Waals surface area contributed by atoms with E-state index in [1.807, 2.05) is 12.1 Å². The van der Waals surface area contributed by atoms with E-state index in [0.717, 1.165) is 9.75 Å². The number of hydrogen-bond donors (Lipinski definition) is 0. The van der Waals surface area contributed by atoms with Gasteiger partial charge in [-0.25, -0.2) is 0 Å². The van der Waals surface area contributed by atoms with E-state index in [1.165, 1.54) is 16.1 Å². The van der Waals surface area contributed by atoms with Crippen molar-refractivity contribution in [1.29, 1.82) is 0 Å². The molecule has 0 aliphatic rings. The molecule has 0 spiro atoms. The molecule has 2 aromatic heterocycles. The topological polar surface area (TPSA) is 43.6 Å². The second-order valence-corrected chi connectivity index (χ2v) is 3.65. The van der Waals surface area contributed by atoms with Crippen LogP contribution in [0, 0.1) is 18.8 Å². The van der Waals surface area contributed by atoms with Crippen molar-refractivity contribution in [1.82, 2.24) is 20.2 Å². The molecule has 2 aromatic rings. The first-order chi connectivity index (χ1) is 6.79. The van der Waals surface area contributed by atoms with E-state index in [2.05, 4.69) is 34.2 Å². The van der Waals surface area contributed by atoms with Crippen LogP contribution in [0.2, 0.25) is 0 Å². The van der Waals surface area contributed by atoms with Gasteiger partial charge in [0.2, 0.25) is 5.82 Å². The lowest BCUT2D eigenvalue weighted by Gasteiger charge is -1.83. The van der Waals surface area contributed by atoms with Gasteiger partial charge in [0.25, 0.3) is 0 Å². The second kappa shape index (κ2) is 3.60. The fourth-order valence-corrected chi connectivity index (χ4v) is 1.80. The highest BCUT2D eigenvalue weighted by atomic mass is 32.1. The first kappa shape index (κ1) is 8.91. The summed E-state index contributed by atoms with van der Waals surface area (Å²) in [5.41, 5.74) is 0. The van der Waals surface area contributed by atoms with Gasteiger partial charge in [-0.05, 0) is 17.3 Å². The molecule has 0 fully saturated rings. The quantitative estimate of drug-likeness (QED) is 0.652. The van der Waals surface area contributed by atoms with Gasteiger partial charge in [-0.1, -0.05) is 11.8 Å². The molecule has 4 nitrogen and oxygen atoms in total. The number of aromatic nitrogens is 4. The summed E-state index contributed by atoms with van der Waals surface area (Å²) < 4.78 is 0. The van der Waals surface area contributed by atoms with Gasteiger partial charge in [0, 0.05) is 6.92 Å². The van der Waals surface area contributed by atoms with Crippen molar-refractivity contribution < 1.29 is 0 Å². The standard InChI is InChI=1S/C9H7N4S/c1-3-4-7-5-6-8(14-7)9-10-12-13(2)11-9/h5-6H,1H2,2H3. The summed E-state index contributed by atoms with van der Waals surface area (Å²) in [7, 11) is 1.74. The van der Waals surface area contributed by atoms with Crippen LogP contribution in [0.1, 0.15) is 4.88 Å². The van der Waals surface area contributed by atoms with Crippen molar-refractivity contribution in [2.75, 3.05) is 0 Å². The van der Waals surface area contributed by atoms with Gasteiger partial charge in [-0.15, -0.1) is 21.5 Å². The van der Waals surface area contributed by atoms with E-state index < -0.39 is 0 Å². The van der Waals surface area contributed by atoms with Crippen molar-refractivity contribution in [3.05, 3.63) is 23.9 Å². The highest BCUT2D eigenvalue weighted by Gasteiger charge is 2.06. The van der Waals surface area contributed by atoms with Crippen LogP contribution in [-0.4, -0.2) is 20.2 Å². The fourth-order valence-electron chi connectivity index (χ4n) is 0.995. The Morgan fingerprint density at radius 2 is 2.36 bits per heavy atom. The molecule has 2 heterocycles. The van der Waals surface area contributed by atoms with Gasteiger partial charge >= 0.3 is 0 Å². The molecule has 0 aromatic carbocycles. The van der Waals surface area contributed by atoms with Crippen molar-refractivity contribution in [3.63, 3.8) is 0 Å². The minimum Gasteiger partial charge on any atom is -0.167 e. The van der Waals surface area contributed by atoms with Crippen LogP contribution in [-0.2, 0) is 7.05 Å². The zero-order valence-electron chi connectivity index (χ0n) is 7.56. The third-order valence-corrected chi connectivity index (χ3v) is 2.54. The van der Waals surface area contributed by atoms with Gasteiger partial charge in [0.05, 0.1) is 16.8 Å². The van der Waals surface area contributed by atoms with Crippen molar-refractivity contribution in [2.45, 2.75) is 0 Å². The first-order valence-electron chi connectivity index (χ1n) is 3.92. The summed E-state index contributed by atoms with van der Waals surface area (Å²) >= 11 is 1.53. The highest BCUT2D eigenvalue weighted by Crippen LogP contribution is 2.23. The van der Waals surface area contributed by atoms with Crippen LogP contribution in [0.3, 0.4) is 0 Å². The first-order valence-corrected chi connectivity index (χ1v) is 4.73. The van der Waals surface area contributed by atoms with E-state index in [0.29, 0.717) is 5.82 Å². The van der Waals surface area contributed by atoms with E-state index in [1.54, 1.807) is 7.05 Å². The molecule has 2 rings (SSSR count). The zero-order valence-corrected chi connectivity index (χ0v) is 8.38. The molecule has 0 saturated heterocycles. The minimum atomic E-state index is 0.634. The predicted molar refractivity (Wildman–Crippen MR) is 54.3 cm³/mol. The van der Waals surface area contributed by atoms with Gasteiger partial charge < -0.3 is 0 Å². The summed E-state index contributed by atoms with van der Waals surface area (Å²) in [6.07, 6.45) is 0. The fraction of sp³-hybridized carbons (Fsp3) is 0.111. The number of thiophene rings is 1. The van der Waals surface area contributed by atoms with Gasteiger partial charge in [-0.3, -0.25) is 0 Å². The SMILES string of the molecule is [CH2]C#Cc1ccc(-c2nnn(C)n2)s1. The Labute approximate surface area is 85.6 Å². The monoisotopic (exact) mass is 203 g/mol. The molecule has 0 N–H and O–H groups in total. The van der Waals surface area contributed by atoms with Crippen LogP contribution in [0.15, 0.2) is 12.1 Å². The smallest absolute Gasteiger partial charge is 0.167 e. The second-order valence-electron chi connectivity index (χ2n) is 2.57. The number of nitrogens with zero attached hydrogens (tertiary/aromatic N) is 4. The molecule has 0 bridgehead atoms. The average Bonchev–Trinajstić information content (AvgIpc) is 2.74. The molecule has 14 heavy (non-hydrogen) atoms. The third-order valence-electron chi connectivity index (χ3n) is 1.55. The lowest BCUT2D eigenvalue weighted by atomic mass is 10.4. The van der Waals surface area contributed by atoms with Crippen molar-refractivity contribution in [2.24, 2.45) is 7.05 Å². The van der Waals surface area contributed by atoms with Gasteiger partial charge in [0.1, 0.15) is 0 Å². The van der Waals surface area contributed by atoms with Crippen molar-refractivity contribution >= 4 is 11.3 Å². The number of aryl methyl sites for hydroxylation is 1. The van der Waals surface area contributed by atoms with Crippen LogP contribution in [0.25, 0.3) is 10.7 Å². The molecule has 0 amide bonds. The summed E-state index contributed by atoms with van der Waals surface area (Å²) in [6.45, 7) is 3.46. The van der Waals surface area contributed by atoms with Crippen LogP contribution in [0.5, 0.6) is 0 Å². The maximum absolute atomic E-state index is 4.10. The average molecular weight is 203 g/mol. The normalized spacial score (nSPS) is 9.57. The van der Waals surface area contributed by atoms with E-state index in [4.69, 9.17) is 0 Å². The Morgan fingerprint density at radius 1 is 1.50 bits per heavy atom. The molecular weight excluding hydrogens is 196 g/mol. The number of hydrogen-bond acceptors (Lipinski definition) is 4. The van der Waals surface area contributed by atoms with Gasteiger partial charge in [0.15, 0.2) is 0 Å². The zero-order chi connectivity index (χ0) is 9.97. The molecule has 0 atom stereocenters. The van der Waals surface area contributed by atoms with E-state index in [-0.39, 0.29) is 0 Å². The Morgan fingerprint density at radius 3 is 3.00 bits per heavy atom. The lowest BCUT2D eigenvalue weighted by Crippen LogP contribution is -1.91. The van der Waals surface area contributed by atoms with Crippen LogP contribution < -0.4 is 0 Å². The molecule has 1 radical (unpaired) electrons. The predicted octanol–water partition coefficient (Wildman–Crippen LogP) is 1.12. The summed E-state index contributed by atoms with van der Waals surface area (Å²) in [5, 5.41) is 11.8. The van der Waals surface area contributed by atoms with Crippen LogP contribution >= 0.6 is 11.3 Å². The summed E-state index contributed by atoms with van der Waals surface area (Å²) in [5.74, 6) is 6.12. The summed E-state index contributed by atoms with van der Waals surface area (Å²) in [4.78, 5) is 3.36. The molecule has 69 valence electrons. The largest absolute Gasteiger partial charge is 0.214 e. The van der Waals surface area contributed by atoms with E-state index >= 15 is 0 Å². The summed E-state index contributed by atoms with van der Waals surface area (Å²) in [6, 6.07) is 3.86. The van der Waals surface area contributed by atoms with Crippen molar-refractivity contribution in [3.8, 4) is 22.5 Å². The minimum absolute atomic E-state index is 0.634. The Balaban J connectivity index is 2.36. The Hall–Kier alpha value is -1.67.